The van der Waals surface area contributed by atoms with Crippen molar-refractivity contribution < 1.29 is 9.59 Å². The Bertz CT molecular complexity index is 1130. The summed E-state index contributed by atoms with van der Waals surface area (Å²) >= 11 is 1.34. The zero-order valence-corrected chi connectivity index (χ0v) is 21.5. The summed E-state index contributed by atoms with van der Waals surface area (Å²) in [4.78, 5) is 31.0. The van der Waals surface area contributed by atoms with E-state index in [0.29, 0.717) is 11.4 Å². The van der Waals surface area contributed by atoms with Crippen molar-refractivity contribution in [2.45, 2.75) is 51.7 Å². The van der Waals surface area contributed by atoms with Crippen molar-refractivity contribution >= 4 is 40.7 Å². The molecule has 6 heteroatoms. The van der Waals surface area contributed by atoms with E-state index in [4.69, 9.17) is 4.99 Å². The van der Waals surface area contributed by atoms with Gasteiger partial charge in [0.05, 0.1) is 11.4 Å². The molecular weight excluding hydrogens is 442 g/mol. The molecule has 34 heavy (non-hydrogen) atoms. The highest BCUT2D eigenvalue weighted by Gasteiger charge is 2.39. The smallest absolute Gasteiger partial charge is 0.266 e. The van der Waals surface area contributed by atoms with Crippen LogP contribution in [-0.4, -0.2) is 22.8 Å². The molecule has 0 aromatic heterocycles. The Hall–Kier alpha value is -3.38. The van der Waals surface area contributed by atoms with Crippen LogP contribution >= 0.6 is 11.8 Å². The number of ketones is 1. The summed E-state index contributed by atoms with van der Waals surface area (Å²) in [6.07, 6.45) is 0. The van der Waals surface area contributed by atoms with E-state index in [0.717, 1.165) is 21.8 Å². The second kappa shape index (κ2) is 13.4. The molecule has 0 spiro atoms. The Labute approximate surface area is 207 Å². The maximum Gasteiger partial charge on any atom is 0.266 e. The van der Waals surface area contributed by atoms with Gasteiger partial charge in [-0.05, 0) is 43.7 Å². The molecule has 1 atom stereocenters. The fraction of sp³-hybridized carbons (Fsp3) is 0.250. The summed E-state index contributed by atoms with van der Waals surface area (Å²) < 4.78 is 0. The van der Waals surface area contributed by atoms with E-state index >= 15 is 0 Å². The van der Waals surface area contributed by atoms with Gasteiger partial charge in [0, 0.05) is 10.5 Å². The number of hydrazine groups is 1. The molecule has 1 amide bonds. The first-order chi connectivity index (χ1) is 16.5. The normalized spacial score (nSPS) is 15.6. The van der Waals surface area contributed by atoms with Crippen LogP contribution in [0.15, 0.2) is 88.8 Å². The van der Waals surface area contributed by atoms with Gasteiger partial charge in [0.1, 0.15) is 11.1 Å². The topological polar surface area (TPSA) is 61.8 Å². The number of nitrogens with one attached hydrogen (secondary N) is 1. The zero-order valence-electron chi connectivity index (χ0n) is 20.7. The maximum absolute atomic E-state index is 13.4. The quantitative estimate of drug-likeness (QED) is 0.404. The van der Waals surface area contributed by atoms with Gasteiger partial charge in [0.15, 0.2) is 5.78 Å². The molecule has 5 nitrogen and oxygen atoms in total. The predicted molar refractivity (Wildman–Crippen MR) is 144 cm³/mol. The number of Topliss-reactive ketones (excluding diaryl/α,β-unsaturated/α-hetero) is 1. The average molecular weight is 476 g/mol. The molecule has 178 valence electrons. The molecule has 1 unspecified atom stereocenters. The van der Waals surface area contributed by atoms with Crippen LogP contribution in [0.3, 0.4) is 0 Å². The lowest BCUT2D eigenvalue weighted by Crippen LogP contribution is -2.35. The molecule has 1 aliphatic rings. The number of rotatable bonds is 5. The number of anilines is 1. The first-order valence-corrected chi connectivity index (χ1v) is 12.5. The summed E-state index contributed by atoms with van der Waals surface area (Å²) in [6, 6.07) is 24.5. The molecule has 0 aliphatic carbocycles. The van der Waals surface area contributed by atoms with Crippen LogP contribution in [0.1, 0.15) is 50.5 Å². The molecule has 1 saturated heterocycles. The second-order valence-electron chi connectivity index (χ2n) is 6.95. The van der Waals surface area contributed by atoms with Crippen molar-refractivity contribution in [3.63, 3.8) is 0 Å². The number of nitrogens with zero attached hydrogens (tertiary/aromatic N) is 2. The summed E-state index contributed by atoms with van der Waals surface area (Å²) in [5, 5.41) is 0.927. The number of amides is 1. The fourth-order valence-corrected chi connectivity index (χ4v) is 4.40. The summed E-state index contributed by atoms with van der Waals surface area (Å²) in [5.41, 5.74) is 6.34. The number of carbonyl (C=O) groups is 2. The molecule has 1 aliphatic heterocycles. The van der Waals surface area contributed by atoms with E-state index in [1.54, 1.807) is 6.07 Å². The molecular formula is C28H33N3O2S. The zero-order chi connectivity index (χ0) is 25.1. The second-order valence-corrected chi connectivity index (χ2v) is 8.10. The van der Waals surface area contributed by atoms with Gasteiger partial charge >= 0.3 is 0 Å². The van der Waals surface area contributed by atoms with Crippen molar-refractivity contribution in [1.82, 2.24) is 5.43 Å². The van der Waals surface area contributed by atoms with Crippen molar-refractivity contribution in [3.8, 4) is 0 Å². The minimum absolute atomic E-state index is 0.0335. The van der Waals surface area contributed by atoms with Gasteiger partial charge in [-0.25, -0.2) is 10.0 Å². The highest BCUT2D eigenvalue weighted by atomic mass is 32.2. The van der Waals surface area contributed by atoms with Crippen LogP contribution in [0, 0.1) is 6.92 Å². The lowest BCUT2D eigenvalue weighted by Gasteiger charge is -2.15. The van der Waals surface area contributed by atoms with E-state index < -0.39 is 5.25 Å². The number of aryl methyl sites for hydroxylation is 1. The van der Waals surface area contributed by atoms with Crippen molar-refractivity contribution in [1.29, 1.82) is 0 Å². The molecule has 0 bridgehead atoms. The van der Waals surface area contributed by atoms with Crippen LogP contribution in [0.4, 0.5) is 11.4 Å². The average Bonchev–Trinajstić information content (AvgIpc) is 3.18. The standard InChI is InChI=1S/C24H21N3O2S.2C2H6/c1-16-10-6-8-14-20(16)25-23-22(30-21-15-9-7-13-19(21)17(2)28)24(29)27(26-23)18-11-4-3-5-12-18;2*1-2/h3-15,22H,1-2H3,(H,25,26);2*1-2H3. The molecule has 0 saturated carbocycles. The molecule has 1 heterocycles. The molecule has 1 N–H and O–H groups in total. The van der Waals surface area contributed by atoms with Gasteiger partial charge in [0.2, 0.25) is 0 Å². The fourth-order valence-electron chi connectivity index (χ4n) is 3.23. The van der Waals surface area contributed by atoms with E-state index in [2.05, 4.69) is 5.43 Å². The van der Waals surface area contributed by atoms with Crippen molar-refractivity contribution in [2.24, 2.45) is 4.99 Å². The van der Waals surface area contributed by atoms with Gasteiger partial charge in [0.25, 0.3) is 5.91 Å². The molecule has 4 rings (SSSR count). The van der Waals surface area contributed by atoms with Crippen LogP contribution < -0.4 is 10.4 Å². The summed E-state index contributed by atoms with van der Waals surface area (Å²) in [6.45, 7) is 11.5. The first kappa shape index (κ1) is 26.9. The first-order valence-electron chi connectivity index (χ1n) is 11.6. The number of hydrogen-bond acceptors (Lipinski definition) is 4. The van der Waals surface area contributed by atoms with Gasteiger partial charge in [-0.2, -0.15) is 0 Å². The minimum Gasteiger partial charge on any atom is -0.294 e. The Balaban J connectivity index is 0.000000970. The number of para-hydroxylation sites is 2. The lowest BCUT2D eigenvalue weighted by molar-refractivity contribution is -0.116. The van der Waals surface area contributed by atoms with Crippen LogP contribution in [0.2, 0.25) is 0 Å². The van der Waals surface area contributed by atoms with Gasteiger partial charge in [-0.1, -0.05) is 82.3 Å². The highest BCUT2D eigenvalue weighted by molar-refractivity contribution is 8.01. The number of aliphatic imine (C=N–C) groups is 1. The number of benzene rings is 3. The van der Waals surface area contributed by atoms with Crippen LogP contribution in [0.5, 0.6) is 0 Å². The Kier molecular flexibility index (Phi) is 10.6. The number of amidine groups is 1. The van der Waals surface area contributed by atoms with Gasteiger partial charge in [-0.15, -0.1) is 11.8 Å². The monoisotopic (exact) mass is 475 g/mol. The predicted octanol–water partition coefficient (Wildman–Crippen LogP) is 6.99. The van der Waals surface area contributed by atoms with Crippen LogP contribution in [0.25, 0.3) is 0 Å². The number of carbonyl (C=O) groups excluding carboxylic acids is 2. The van der Waals surface area contributed by atoms with Crippen molar-refractivity contribution in [3.05, 3.63) is 90.0 Å². The van der Waals surface area contributed by atoms with E-state index in [1.165, 1.54) is 23.7 Å². The Morgan fingerprint density at radius 1 is 0.882 bits per heavy atom. The Morgan fingerprint density at radius 3 is 2.12 bits per heavy atom. The van der Waals surface area contributed by atoms with Gasteiger partial charge < -0.3 is 0 Å². The number of thioether (sulfide) groups is 1. The third-order valence-electron chi connectivity index (χ3n) is 4.80. The van der Waals surface area contributed by atoms with Gasteiger partial charge in [-0.3, -0.25) is 15.0 Å². The molecule has 0 radical (unpaired) electrons. The largest absolute Gasteiger partial charge is 0.294 e. The summed E-state index contributed by atoms with van der Waals surface area (Å²) in [5.74, 6) is 0.382. The SMILES string of the molecule is CC.CC.CC(=O)c1ccccc1SC1C(=O)N(c2ccccc2)NC1=Nc1ccccc1C. The molecule has 1 fully saturated rings. The number of hydrogen-bond donors (Lipinski definition) is 1. The molecule has 3 aromatic carbocycles. The lowest BCUT2D eigenvalue weighted by atomic mass is 10.1. The highest BCUT2D eigenvalue weighted by Crippen LogP contribution is 2.33. The van der Waals surface area contributed by atoms with E-state index in [-0.39, 0.29) is 11.7 Å². The maximum atomic E-state index is 13.4. The van der Waals surface area contributed by atoms with E-state index in [9.17, 15) is 9.59 Å². The van der Waals surface area contributed by atoms with Crippen LogP contribution in [-0.2, 0) is 4.79 Å². The van der Waals surface area contributed by atoms with Crippen molar-refractivity contribution in [2.75, 3.05) is 5.01 Å². The summed E-state index contributed by atoms with van der Waals surface area (Å²) in [7, 11) is 0. The molecule has 3 aromatic rings. The van der Waals surface area contributed by atoms with E-state index in [1.807, 2.05) is 107 Å². The minimum atomic E-state index is -0.592. The third kappa shape index (κ3) is 6.35. The Morgan fingerprint density at radius 2 is 1.47 bits per heavy atom. The third-order valence-corrected chi connectivity index (χ3v) is 6.07.